The van der Waals surface area contributed by atoms with Crippen LogP contribution in [0.25, 0.3) is 10.9 Å². The van der Waals surface area contributed by atoms with Gasteiger partial charge < -0.3 is 15.5 Å². The number of nitrogens with zero attached hydrogens (tertiary/aromatic N) is 3. The molecule has 0 atom stereocenters. The van der Waals surface area contributed by atoms with Gasteiger partial charge in [0.05, 0.1) is 11.1 Å². The molecule has 0 aliphatic heterocycles. The van der Waals surface area contributed by atoms with Gasteiger partial charge in [-0.3, -0.25) is 0 Å². The Kier molecular flexibility index (Phi) is 7.21. The highest BCUT2D eigenvalue weighted by Crippen LogP contribution is 2.33. The molecule has 0 spiro atoms. The molecule has 1 aliphatic carbocycles. The minimum Gasteiger partial charge on any atom is -0.362 e. The van der Waals surface area contributed by atoms with Gasteiger partial charge in [-0.2, -0.15) is 18.2 Å². The van der Waals surface area contributed by atoms with Gasteiger partial charge >= 0.3 is 6.18 Å². The molecule has 5 nitrogen and oxygen atoms in total. The summed E-state index contributed by atoms with van der Waals surface area (Å²) in [6.07, 6.45) is -0.794. The highest BCUT2D eigenvalue weighted by Gasteiger charge is 2.33. The number of nitrogens with one attached hydrogen (secondary N) is 2. The number of rotatable bonds is 7. The van der Waals surface area contributed by atoms with E-state index in [0.717, 1.165) is 48.5 Å². The zero-order chi connectivity index (χ0) is 24.3. The topological polar surface area (TPSA) is 53.1 Å². The van der Waals surface area contributed by atoms with Crippen molar-refractivity contribution in [2.24, 2.45) is 5.92 Å². The molecule has 0 amide bonds. The average Bonchev–Trinajstić information content (AvgIpc) is 2.80. The Balaban J connectivity index is 1.30. The summed E-state index contributed by atoms with van der Waals surface area (Å²) < 4.78 is 52.8. The Hall–Kier alpha value is -2.94. The smallest absolute Gasteiger partial charge is 0.362 e. The van der Waals surface area contributed by atoms with E-state index in [0.29, 0.717) is 24.5 Å². The Bertz CT molecular complexity index is 1120. The van der Waals surface area contributed by atoms with E-state index in [-0.39, 0.29) is 18.2 Å². The molecule has 3 aromatic rings. The van der Waals surface area contributed by atoms with E-state index in [1.807, 2.05) is 43.3 Å². The van der Waals surface area contributed by atoms with E-state index < -0.39 is 17.6 Å². The van der Waals surface area contributed by atoms with Crippen LogP contribution in [0.2, 0.25) is 0 Å². The Morgan fingerprint density at radius 2 is 1.74 bits per heavy atom. The fraction of sp³-hybridized carbons (Fsp3) is 0.440. The van der Waals surface area contributed by atoms with Gasteiger partial charge in [-0.05, 0) is 68.0 Å². The summed E-state index contributed by atoms with van der Waals surface area (Å²) in [5.41, 5.74) is 0.0374. The first kappa shape index (κ1) is 24.2. The quantitative estimate of drug-likeness (QED) is 0.435. The van der Waals surface area contributed by atoms with Gasteiger partial charge in [-0.1, -0.05) is 18.2 Å². The van der Waals surface area contributed by atoms with Gasteiger partial charge in [0.15, 0.2) is 0 Å². The van der Waals surface area contributed by atoms with Crippen LogP contribution in [0.5, 0.6) is 0 Å². The molecule has 34 heavy (non-hydrogen) atoms. The minimum absolute atomic E-state index is 0.0611. The number of para-hydroxylation sites is 1. The van der Waals surface area contributed by atoms with Gasteiger partial charge in [0, 0.05) is 32.1 Å². The zero-order valence-corrected chi connectivity index (χ0v) is 19.3. The van der Waals surface area contributed by atoms with E-state index in [2.05, 4.69) is 15.6 Å². The van der Waals surface area contributed by atoms with Crippen molar-refractivity contribution in [3.05, 3.63) is 59.4 Å². The van der Waals surface area contributed by atoms with Crippen LogP contribution >= 0.6 is 0 Å². The summed E-state index contributed by atoms with van der Waals surface area (Å²) in [6.45, 7) is 0.685. The van der Waals surface area contributed by atoms with Gasteiger partial charge in [-0.15, -0.1) is 0 Å². The van der Waals surface area contributed by atoms with Crippen LogP contribution in [0.15, 0.2) is 42.5 Å². The van der Waals surface area contributed by atoms with Crippen LogP contribution in [0, 0.1) is 11.7 Å². The summed E-state index contributed by atoms with van der Waals surface area (Å²) in [5, 5.41) is 7.61. The first-order valence-electron chi connectivity index (χ1n) is 11.5. The van der Waals surface area contributed by atoms with E-state index in [4.69, 9.17) is 4.98 Å². The number of benzene rings is 2. The largest absolute Gasteiger partial charge is 0.416 e. The van der Waals surface area contributed by atoms with Crippen LogP contribution in [-0.2, 0) is 12.7 Å². The maximum Gasteiger partial charge on any atom is 0.416 e. The summed E-state index contributed by atoms with van der Waals surface area (Å²) in [5.74, 6) is 0.975. The maximum atomic E-state index is 13.3. The maximum absolute atomic E-state index is 13.3. The third-order valence-corrected chi connectivity index (χ3v) is 6.31. The van der Waals surface area contributed by atoms with Crippen molar-refractivity contribution in [3.63, 3.8) is 0 Å². The lowest BCUT2D eigenvalue weighted by Gasteiger charge is -2.29. The van der Waals surface area contributed by atoms with E-state index in [9.17, 15) is 17.6 Å². The van der Waals surface area contributed by atoms with Crippen molar-refractivity contribution in [1.29, 1.82) is 0 Å². The molecule has 1 saturated carbocycles. The third kappa shape index (κ3) is 5.75. The average molecular weight is 476 g/mol. The lowest BCUT2D eigenvalue weighted by molar-refractivity contribution is -0.138. The molecule has 2 aromatic carbocycles. The number of anilines is 2. The van der Waals surface area contributed by atoms with Crippen LogP contribution in [0.1, 0.15) is 36.8 Å². The lowest BCUT2D eigenvalue weighted by atomic mass is 9.86. The van der Waals surface area contributed by atoms with E-state index in [1.165, 1.54) is 6.07 Å². The predicted octanol–water partition coefficient (Wildman–Crippen LogP) is 5.61. The first-order chi connectivity index (χ1) is 16.2. The standard InChI is InChI=1S/C25H29F4N5/c1-34(2)23-20-5-3-4-6-22(20)32-24(33-23)31-19-11-7-16(8-12-19)14-30-15-17-9-10-18(26)13-21(17)25(27,28)29/h3-6,9-10,13,16,19,30H,7-8,11-12,14-15H2,1-2H3,(H,31,32,33). The molecule has 2 N–H and O–H groups in total. The Labute approximate surface area is 196 Å². The van der Waals surface area contributed by atoms with Crippen molar-refractivity contribution >= 4 is 22.7 Å². The summed E-state index contributed by atoms with van der Waals surface area (Å²) in [4.78, 5) is 11.3. The number of hydrogen-bond donors (Lipinski definition) is 2. The monoisotopic (exact) mass is 475 g/mol. The second kappa shape index (κ2) is 10.1. The SMILES string of the molecule is CN(C)c1nc(NC2CCC(CNCc3ccc(F)cc3C(F)(F)F)CC2)nc2ccccc12. The van der Waals surface area contributed by atoms with Gasteiger partial charge in [0.25, 0.3) is 0 Å². The summed E-state index contributed by atoms with van der Waals surface area (Å²) >= 11 is 0. The van der Waals surface area contributed by atoms with Crippen molar-refractivity contribution in [2.45, 2.75) is 44.4 Å². The number of aromatic nitrogens is 2. The van der Waals surface area contributed by atoms with Gasteiger partial charge in [0.2, 0.25) is 5.95 Å². The lowest BCUT2D eigenvalue weighted by Crippen LogP contribution is -2.32. The predicted molar refractivity (Wildman–Crippen MR) is 126 cm³/mol. The molecule has 1 aromatic heterocycles. The van der Waals surface area contributed by atoms with Crippen molar-refractivity contribution in [2.75, 3.05) is 30.9 Å². The molecule has 0 unspecified atom stereocenters. The fourth-order valence-electron chi connectivity index (χ4n) is 4.54. The zero-order valence-electron chi connectivity index (χ0n) is 19.3. The van der Waals surface area contributed by atoms with Crippen LogP contribution < -0.4 is 15.5 Å². The second-order valence-electron chi connectivity index (χ2n) is 9.07. The van der Waals surface area contributed by atoms with Crippen LogP contribution in [0.3, 0.4) is 0 Å². The summed E-state index contributed by atoms with van der Waals surface area (Å²) in [6, 6.07) is 11.0. The molecule has 0 bridgehead atoms. The molecule has 1 fully saturated rings. The fourth-order valence-corrected chi connectivity index (χ4v) is 4.54. The highest BCUT2D eigenvalue weighted by molar-refractivity contribution is 5.90. The van der Waals surface area contributed by atoms with E-state index >= 15 is 0 Å². The molecular weight excluding hydrogens is 446 g/mol. The molecule has 9 heteroatoms. The highest BCUT2D eigenvalue weighted by atomic mass is 19.4. The van der Waals surface area contributed by atoms with Crippen molar-refractivity contribution in [3.8, 4) is 0 Å². The number of fused-ring (bicyclic) bond motifs is 1. The van der Waals surface area contributed by atoms with Gasteiger partial charge in [0.1, 0.15) is 11.6 Å². The molecule has 0 radical (unpaired) electrons. The molecule has 1 aliphatic rings. The van der Waals surface area contributed by atoms with Gasteiger partial charge in [-0.25, -0.2) is 9.37 Å². The Morgan fingerprint density at radius 1 is 1.00 bits per heavy atom. The van der Waals surface area contributed by atoms with Crippen LogP contribution in [0.4, 0.5) is 29.3 Å². The van der Waals surface area contributed by atoms with Crippen molar-refractivity contribution < 1.29 is 17.6 Å². The first-order valence-corrected chi connectivity index (χ1v) is 11.5. The number of hydrogen-bond acceptors (Lipinski definition) is 5. The number of halogens is 4. The third-order valence-electron chi connectivity index (χ3n) is 6.31. The Morgan fingerprint density at radius 3 is 2.44 bits per heavy atom. The molecule has 1 heterocycles. The molecule has 0 saturated heterocycles. The van der Waals surface area contributed by atoms with E-state index in [1.54, 1.807) is 0 Å². The second-order valence-corrected chi connectivity index (χ2v) is 9.07. The molecule has 4 rings (SSSR count). The van der Waals surface area contributed by atoms with Crippen molar-refractivity contribution in [1.82, 2.24) is 15.3 Å². The molecular formula is C25H29F4N5. The number of alkyl halides is 3. The summed E-state index contributed by atoms with van der Waals surface area (Å²) in [7, 11) is 3.92. The van der Waals surface area contributed by atoms with Crippen LogP contribution in [-0.4, -0.2) is 36.6 Å². The normalized spacial score (nSPS) is 18.8. The minimum atomic E-state index is -4.57. The molecule has 182 valence electrons.